The fraction of sp³-hybridized carbons (Fsp3) is 0.375. The van der Waals surface area contributed by atoms with Crippen molar-refractivity contribution < 1.29 is 14.3 Å². The predicted octanol–water partition coefficient (Wildman–Crippen LogP) is 4.70. The van der Waals surface area contributed by atoms with Gasteiger partial charge in [-0.15, -0.1) is 0 Å². The van der Waals surface area contributed by atoms with Crippen LogP contribution in [-0.4, -0.2) is 50.1 Å². The molecule has 2 amide bonds. The molecule has 0 bridgehead atoms. The molecule has 1 fully saturated rings. The quantitative estimate of drug-likeness (QED) is 0.621. The molecule has 2 aromatic heterocycles. The van der Waals surface area contributed by atoms with Gasteiger partial charge >= 0.3 is 6.09 Å². The van der Waals surface area contributed by atoms with Gasteiger partial charge in [0.15, 0.2) is 0 Å². The number of hydrogen-bond donors (Lipinski definition) is 2. The maximum atomic E-state index is 12.9. The summed E-state index contributed by atoms with van der Waals surface area (Å²) in [5.74, 6) is 0.629. The lowest BCUT2D eigenvalue weighted by molar-refractivity contribution is 0.0187. The summed E-state index contributed by atoms with van der Waals surface area (Å²) in [6, 6.07) is 11.4. The number of H-pyrrole nitrogens is 1. The Hall–Kier alpha value is -3.55. The number of imidazole rings is 1. The number of ether oxygens (including phenoxy) is 1. The second-order valence-electron chi connectivity index (χ2n) is 8.97. The number of carbonyl (C=O) groups is 2. The number of hydrogen-bond acceptors (Lipinski definition) is 4. The average molecular weight is 436 g/mol. The van der Waals surface area contributed by atoms with Crippen LogP contribution in [-0.2, 0) is 4.74 Å². The van der Waals surface area contributed by atoms with Crippen molar-refractivity contribution in [1.29, 1.82) is 0 Å². The Balaban J connectivity index is 1.37. The summed E-state index contributed by atoms with van der Waals surface area (Å²) in [7, 11) is 0. The van der Waals surface area contributed by atoms with E-state index in [1.54, 1.807) is 17.3 Å². The van der Waals surface area contributed by atoms with Crippen LogP contribution in [0.4, 0.5) is 10.5 Å². The number of aromatic nitrogens is 3. The fourth-order valence-electron chi connectivity index (χ4n) is 3.89. The molecule has 0 aliphatic carbocycles. The number of piperidine rings is 1. The third kappa shape index (κ3) is 5.01. The highest BCUT2D eigenvalue weighted by molar-refractivity contribution is 6.03. The molecule has 0 atom stereocenters. The summed E-state index contributed by atoms with van der Waals surface area (Å²) in [5, 5.41) is 2.97. The molecule has 0 saturated carbocycles. The number of rotatable bonds is 4. The number of amides is 2. The van der Waals surface area contributed by atoms with E-state index in [0.29, 0.717) is 18.8 Å². The molecule has 0 unspecified atom stereocenters. The summed E-state index contributed by atoms with van der Waals surface area (Å²) >= 11 is 0. The lowest BCUT2D eigenvalue weighted by Gasteiger charge is -2.34. The van der Waals surface area contributed by atoms with E-state index in [2.05, 4.69) is 15.3 Å². The van der Waals surface area contributed by atoms with Crippen molar-refractivity contribution in [2.75, 3.05) is 18.4 Å². The molecule has 2 N–H and O–H groups in total. The standard InChI is InChI=1S/C24H29N5O3/c1-24(2,3)32-23(31)28-15-10-19(11-16-28)29-14-4-5-20(29)22(30)27-18-8-6-17(7-9-18)21-25-12-13-26-21/h4-9,12-14,19H,10-11,15-16H2,1-3H3,(H,25,26)(H,27,30). The Bertz CT molecular complexity index is 1060. The van der Waals surface area contributed by atoms with Crippen molar-refractivity contribution in [2.45, 2.75) is 45.3 Å². The number of anilines is 1. The maximum absolute atomic E-state index is 12.9. The van der Waals surface area contributed by atoms with E-state index >= 15 is 0 Å². The van der Waals surface area contributed by atoms with Crippen LogP contribution in [0.25, 0.3) is 11.4 Å². The fourth-order valence-corrected chi connectivity index (χ4v) is 3.89. The molecule has 0 radical (unpaired) electrons. The van der Waals surface area contributed by atoms with Crippen molar-refractivity contribution in [1.82, 2.24) is 19.4 Å². The number of aromatic amines is 1. The molecule has 1 aliphatic rings. The van der Waals surface area contributed by atoms with Crippen molar-refractivity contribution in [2.24, 2.45) is 0 Å². The molecule has 1 saturated heterocycles. The van der Waals surface area contributed by atoms with Gasteiger partial charge in [0.25, 0.3) is 5.91 Å². The minimum Gasteiger partial charge on any atom is -0.444 e. The van der Waals surface area contributed by atoms with Crippen LogP contribution in [0.3, 0.4) is 0 Å². The molecule has 8 nitrogen and oxygen atoms in total. The summed E-state index contributed by atoms with van der Waals surface area (Å²) in [6.45, 7) is 6.81. The summed E-state index contributed by atoms with van der Waals surface area (Å²) in [6.07, 6.45) is 6.68. The van der Waals surface area contributed by atoms with Crippen LogP contribution in [0, 0.1) is 0 Å². The smallest absolute Gasteiger partial charge is 0.410 e. The topological polar surface area (TPSA) is 92.2 Å². The van der Waals surface area contributed by atoms with Gasteiger partial charge in [0.2, 0.25) is 0 Å². The van der Waals surface area contributed by atoms with Crippen LogP contribution < -0.4 is 5.32 Å². The molecule has 4 rings (SSSR count). The van der Waals surface area contributed by atoms with E-state index in [1.165, 1.54) is 0 Å². The minimum atomic E-state index is -0.504. The number of carbonyl (C=O) groups excluding carboxylic acids is 2. The SMILES string of the molecule is CC(C)(C)OC(=O)N1CCC(n2cccc2C(=O)Nc2ccc(-c3ncc[nH]3)cc2)CC1. The molecule has 0 spiro atoms. The van der Waals surface area contributed by atoms with Gasteiger partial charge in [0, 0.05) is 49.0 Å². The Morgan fingerprint density at radius 1 is 1.12 bits per heavy atom. The van der Waals surface area contributed by atoms with Gasteiger partial charge in [-0.25, -0.2) is 9.78 Å². The van der Waals surface area contributed by atoms with E-state index in [0.717, 1.165) is 29.9 Å². The van der Waals surface area contributed by atoms with E-state index in [-0.39, 0.29) is 18.0 Å². The molecular weight excluding hydrogens is 406 g/mol. The highest BCUT2D eigenvalue weighted by Crippen LogP contribution is 2.26. The summed E-state index contributed by atoms with van der Waals surface area (Å²) in [5.41, 5.74) is 1.78. The Morgan fingerprint density at radius 2 is 1.84 bits per heavy atom. The van der Waals surface area contributed by atoms with Gasteiger partial charge in [0.05, 0.1) is 0 Å². The minimum absolute atomic E-state index is 0.157. The zero-order chi connectivity index (χ0) is 22.7. The average Bonchev–Trinajstić information content (AvgIpc) is 3.45. The first-order chi connectivity index (χ1) is 15.3. The van der Waals surface area contributed by atoms with Gasteiger partial charge in [-0.2, -0.15) is 0 Å². The lowest BCUT2D eigenvalue weighted by atomic mass is 10.0. The first kappa shape index (κ1) is 21.7. The molecule has 1 aliphatic heterocycles. The van der Waals surface area contributed by atoms with Gasteiger partial charge in [-0.05, 0) is 70.0 Å². The van der Waals surface area contributed by atoms with Gasteiger partial charge in [-0.1, -0.05) is 0 Å². The molecule has 168 valence electrons. The summed E-state index contributed by atoms with van der Waals surface area (Å²) < 4.78 is 7.49. The van der Waals surface area contributed by atoms with Gasteiger partial charge in [0.1, 0.15) is 17.1 Å². The molecular formula is C24H29N5O3. The second-order valence-corrected chi connectivity index (χ2v) is 8.97. The zero-order valence-corrected chi connectivity index (χ0v) is 18.7. The Kier molecular flexibility index (Phi) is 6.03. The van der Waals surface area contributed by atoms with Crippen LogP contribution in [0.15, 0.2) is 55.0 Å². The van der Waals surface area contributed by atoms with E-state index in [1.807, 2.05) is 67.9 Å². The Morgan fingerprint density at radius 3 is 2.47 bits per heavy atom. The number of nitrogens with zero attached hydrogens (tertiary/aromatic N) is 3. The van der Waals surface area contributed by atoms with E-state index < -0.39 is 5.60 Å². The van der Waals surface area contributed by atoms with Crippen LogP contribution in [0.5, 0.6) is 0 Å². The highest BCUT2D eigenvalue weighted by Gasteiger charge is 2.28. The third-order valence-electron chi connectivity index (χ3n) is 5.44. The zero-order valence-electron chi connectivity index (χ0n) is 18.7. The predicted molar refractivity (Wildman–Crippen MR) is 122 cm³/mol. The lowest BCUT2D eigenvalue weighted by Crippen LogP contribution is -2.42. The molecule has 32 heavy (non-hydrogen) atoms. The van der Waals surface area contributed by atoms with Crippen molar-refractivity contribution >= 4 is 17.7 Å². The first-order valence-corrected chi connectivity index (χ1v) is 10.9. The maximum Gasteiger partial charge on any atom is 0.410 e. The van der Waals surface area contributed by atoms with Crippen molar-refractivity contribution in [3.05, 3.63) is 60.7 Å². The first-order valence-electron chi connectivity index (χ1n) is 10.9. The van der Waals surface area contributed by atoms with Gasteiger partial charge < -0.3 is 24.5 Å². The van der Waals surface area contributed by atoms with E-state index in [4.69, 9.17) is 4.74 Å². The third-order valence-corrected chi connectivity index (χ3v) is 5.44. The number of likely N-dealkylation sites (tertiary alicyclic amines) is 1. The van der Waals surface area contributed by atoms with E-state index in [9.17, 15) is 9.59 Å². The van der Waals surface area contributed by atoms with Gasteiger partial charge in [-0.3, -0.25) is 4.79 Å². The normalized spacial score (nSPS) is 14.9. The monoisotopic (exact) mass is 435 g/mol. The van der Waals surface area contributed by atoms with Crippen LogP contribution in [0.2, 0.25) is 0 Å². The molecule has 8 heteroatoms. The van der Waals surface area contributed by atoms with Crippen LogP contribution in [0.1, 0.15) is 50.1 Å². The van der Waals surface area contributed by atoms with Crippen LogP contribution >= 0.6 is 0 Å². The number of nitrogens with one attached hydrogen (secondary N) is 2. The second kappa shape index (κ2) is 8.90. The molecule has 3 aromatic rings. The van der Waals surface area contributed by atoms with Crippen molar-refractivity contribution in [3.8, 4) is 11.4 Å². The van der Waals surface area contributed by atoms with Crippen molar-refractivity contribution in [3.63, 3.8) is 0 Å². The highest BCUT2D eigenvalue weighted by atomic mass is 16.6. The Labute approximate surface area is 187 Å². The number of benzene rings is 1. The molecule has 1 aromatic carbocycles. The largest absolute Gasteiger partial charge is 0.444 e. The summed E-state index contributed by atoms with van der Waals surface area (Å²) in [4.78, 5) is 34.3. The molecule has 3 heterocycles.